The smallest absolute Gasteiger partial charge is 0.266 e. The summed E-state index contributed by atoms with van der Waals surface area (Å²) in [5.41, 5.74) is 2.32. The second-order valence-electron chi connectivity index (χ2n) is 7.65. The largest absolute Gasteiger partial charge is 0.487 e. The molecule has 1 aliphatic heterocycles. The van der Waals surface area contributed by atoms with Crippen LogP contribution >= 0.6 is 58.2 Å². The highest BCUT2D eigenvalue weighted by Gasteiger charge is 2.32. The molecule has 4 rings (SSSR count). The molecule has 0 aliphatic carbocycles. The van der Waals surface area contributed by atoms with Crippen LogP contribution < -0.4 is 4.74 Å². The van der Waals surface area contributed by atoms with Crippen molar-refractivity contribution in [1.29, 1.82) is 0 Å². The zero-order chi connectivity index (χ0) is 24.9. The van der Waals surface area contributed by atoms with Crippen LogP contribution in [0.15, 0.2) is 70.6 Å². The van der Waals surface area contributed by atoms with E-state index in [1.807, 2.05) is 37.3 Å². The summed E-state index contributed by atoms with van der Waals surface area (Å²) in [7, 11) is 0. The highest BCUT2D eigenvalue weighted by Crippen LogP contribution is 2.36. The second-order valence-corrected chi connectivity index (χ2v) is 10.3. The Balaban J connectivity index is 1.52. The van der Waals surface area contributed by atoms with Crippen molar-refractivity contribution in [2.24, 2.45) is 4.99 Å². The number of thioether (sulfide) groups is 1. The third-order valence-electron chi connectivity index (χ3n) is 5.04. The molecule has 0 bridgehead atoms. The van der Waals surface area contributed by atoms with E-state index in [9.17, 15) is 4.79 Å². The number of rotatable bonds is 7. The predicted molar refractivity (Wildman–Crippen MR) is 148 cm³/mol. The molecule has 0 unspecified atom stereocenters. The third-order valence-corrected chi connectivity index (χ3v) is 7.18. The van der Waals surface area contributed by atoms with E-state index in [2.05, 4.69) is 4.99 Å². The Hall–Kier alpha value is -2.15. The minimum atomic E-state index is -0.0848. The van der Waals surface area contributed by atoms with Crippen LogP contribution in [0, 0.1) is 0 Å². The first-order chi connectivity index (χ1) is 16.8. The molecular weight excluding hydrogens is 546 g/mol. The van der Waals surface area contributed by atoms with Crippen LogP contribution in [-0.4, -0.2) is 22.5 Å². The van der Waals surface area contributed by atoms with Gasteiger partial charge in [0.15, 0.2) is 5.17 Å². The first-order valence-electron chi connectivity index (χ1n) is 10.8. The Morgan fingerprint density at radius 3 is 2.37 bits per heavy atom. The van der Waals surface area contributed by atoms with Crippen LogP contribution in [-0.2, 0) is 11.4 Å². The maximum Gasteiger partial charge on any atom is 0.266 e. The molecule has 0 spiro atoms. The monoisotopic (exact) mass is 564 g/mol. The van der Waals surface area contributed by atoms with E-state index in [-0.39, 0.29) is 12.5 Å². The van der Waals surface area contributed by atoms with Crippen molar-refractivity contribution in [3.8, 4) is 5.75 Å². The van der Waals surface area contributed by atoms with Gasteiger partial charge in [0.2, 0.25) is 0 Å². The van der Waals surface area contributed by atoms with Gasteiger partial charge in [-0.05, 0) is 78.4 Å². The average Bonchev–Trinajstić information content (AvgIpc) is 3.10. The summed E-state index contributed by atoms with van der Waals surface area (Å²) >= 11 is 25.9. The lowest BCUT2D eigenvalue weighted by molar-refractivity contribution is -0.122. The molecule has 3 aromatic rings. The number of hydrogen-bond acceptors (Lipinski definition) is 4. The number of nitrogens with zero attached hydrogens (tertiary/aromatic N) is 2. The molecule has 1 aliphatic rings. The Kier molecular flexibility index (Phi) is 8.68. The van der Waals surface area contributed by atoms with E-state index in [4.69, 9.17) is 51.1 Å². The van der Waals surface area contributed by atoms with E-state index in [0.29, 0.717) is 42.5 Å². The molecule has 0 N–H and O–H groups in total. The maximum atomic E-state index is 13.1. The van der Waals surface area contributed by atoms with Crippen molar-refractivity contribution >= 4 is 81.0 Å². The number of amidine groups is 1. The Bertz CT molecular complexity index is 1310. The van der Waals surface area contributed by atoms with Crippen LogP contribution in [0.1, 0.15) is 24.5 Å². The van der Waals surface area contributed by atoms with Crippen LogP contribution in [0.4, 0.5) is 5.69 Å². The summed E-state index contributed by atoms with van der Waals surface area (Å²) < 4.78 is 5.84. The van der Waals surface area contributed by atoms with Crippen LogP contribution in [0.2, 0.25) is 20.1 Å². The number of amides is 1. The number of benzene rings is 3. The van der Waals surface area contributed by atoms with Gasteiger partial charge >= 0.3 is 0 Å². The summed E-state index contributed by atoms with van der Waals surface area (Å²) in [5.74, 6) is 0.432. The van der Waals surface area contributed by atoms with E-state index >= 15 is 0 Å². The summed E-state index contributed by atoms with van der Waals surface area (Å²) in [6, 6.07) is 17.8. The predicted octanol–water partition coefficient (Wildman–Crippen LogP) is 8.89. The molecule has 4 nitrogen and oxygen atoms in total. The molecule has 0 aromatic heterocycles. The molecule has 0 atom stereocenters. The number of ether oxygens (including phenoxy) is 1. The SMILES string of the molecule is CCCN1C(=O)/C(=C/c2ccc(OCc3ccc(Cl)cc3Cl)c(Cl)c2)SC1=Nc1ccc(Cl)cc1. The molecule has 1 amide bonds. The summed E-state index contributed by atoms with van der Waals surface area (Å²) in [4.78, 5) is 20.0. The van der Waals surface area contributed by atoms with Crippen molar-refractivity contribution in [3.05, 3.63) is 96.8 Å². The molecule has 1 fully saturated rings. The zero-order valence-electron chi connectivity index (χ0n) is 18.6. The fraction of sp³-hybridized carbons (Fsp3) is 0.154. The quantitative estimate of drug-likeness (QED) is 0.268. The number of carbonyl (C=O) groups excluding carboxylic acids is 1. The summed E-state index contributed by atoms with van der Waals surface area (Å²) in [6.07, 6.45) is 2.63. The van der Waals surface area contributed by atoms with E-state index in [0.717, 1.165) is 23.2 Å². The van der Waals surface area contributed by atoms with Crippen molar-refractivity contribution in [3.63, 3.8) is 0 Å². The van der Waals surface area contributed by atoms with Crippen molar-refractivity contribution in [2.45, 2.75) is 20.0 Å². The zero-order valence-corrected chi connectivity index (χ0v) is 22.4. The fourth-order valence-corrected chi connectivity index (χ4v) is 5.16. The van der Waals surface area contributed by atoms with Crippen molar-refractivity contribution < 1.29 is 9.53 Å². The molecule has 1 heterocycles. The normalized spacial score (nSPS) is 15.9. The van der Waals surface area contributed by atoms with Crippen LogP contribution in [0.5, 0.6) is 5.75 Å². The van der Waals surface area contributed by atoms with Crippen LogP contribution in [0.25, 0.3) is 6.08 Å². The van der Waals surface area contributed by atoms with E-state index in [1.54, 1.807) is 41.3 Å². The second kappa shape index (κ2) is 11.7. The van der Waals surface area contributed by atoms with Crippen molar-refractivity contribution in [2.75, 3.05) is 6.54 Å². The maximum absolute atomic E-state index is 13.1. The average molecular weight is 566 g/mol. The number of halogens is 4. The lowest BCUT2D eigenvalue weighted by Gasteiger charge is -2.13. The molecule has 1 saturated heterocycles. The van der Waals surface area contributed by atoms with E-state index < -0.39 is 0 Å². The molecule has 0 radical (unpaired) electrons. The topological polar surface area (TPSA) is 41.9 Å². The third kappa shape index (κ3) is 6.54. The first-order valence-corrected chi connectivity index (χ1v) is 13.1. The highest BCUT2D eigenvalue weighted by atomic mass is 35.5. The highest BCUT2D eigenvalue weighted by molar-refractivity contribution is 8.18. The number of hydrogen-bond donors (Lipinski definition) is 0. The molecular formula is C26H20Cl4N2O2S. The standard InChI is InChI=1S/C26H20Cl4N2O2S/c1-2-11-32-25(33)24(35-26(32)31-20-8-6-18(27)7-9-20)13-16-3-10-23(22(30)12-16)34-15-17-4-5-19(28)14-21(17)29/h3-10,12-14H,2,11,15H2,1H3/b24-13-,31-26?. The molecule has 35 heavy (non-hydrogen) atoms. The van der Waals surface area contributed by atoms with E-state index in [1.165, 1.54) is 11.8 Å². The fourth-order valence-electron chi connectivity index (χ4n) is 3.31. The van der Waals surface area contributed by atoms with Gasteiger partial charge in [0.05, 0.1) is 15.6 Å². The van der Waals surface area contributed by atoms with Gasteiger partial charge in [-0.15, -0.1) is 0 Å². The number of carbonyl (C=O) groups is 1. The molecule has 0 saturated carbocycles. The van der Waals surface area contributed by atoms with Gasteiger partial charge in [0.25, 0.3) is 5.91 Å². The van der Waals surface area contributed by atoms with Gasteiger partial charge in [-0.25, -0.2) is 4.99 Å². The molecule has 9 heteroatoms. The first kappa shape index (κ1) is 25.9. The van der Waals surface area contributed by atoms with Gasteiger partial charge in [-0.3, -0.25) is 9.69 Å². The molecule has 180 valence electrons. The van der Waals surface area contributed by atoms with Crippen molar-refractivity contribution in [1.82, 2.24) is 4.90 Å². The van der Waals surface area contributed by atoms with Gasteiger partial charge < -0.3 is 4.74 Å². The molecule has 3 aromatic carbocycles. The Labute approximate surface area is 228 Å². The minimum absolute atomic E-state index is 0.0848. The summed E-state index contributed by atoms with van der Waals surface area (Å²) in [6.45, 7) is 2.85. The van der Waals surface area contributed by atoms with Gasteiger partial charge in [0.1, 0.15) is 12.4 Å². The van der Waals surface area contributed by atoms with Gasteiger partial charge in [-0.1, -0.05) is 65.5 Å². The minimum Gasteiger partial charge on any atom is -0.487 e. The Morgan fingerprint density at radius 2 is 1.69 bits per heavy atom. The van der Waals surface area contributed by atoms with Gasteiger partial charge in [0, 0.05) is 27.2 Å². The Morgan fingerprint density at radius 1 is 0.943 bits per heavy atom. The summed E-state index contributed by atoms with van der Waals surface area (Å²) in [5, 5.41) is 2.79. The van der Waals surface area contributed by atoms with Crippen LogP contribution in [0.3, 0.4) is 0 Å². The number of aliphatic imine (C=N–C) groups is 1. The lowest BCUT2D eigenvalue weighted by Crippen LogP contribution is -2.29. The lowest BCUT2D eigenvalue weighted by atomic mass is 10.2. The van der Waals surface area contributed by atoms with Gasteiger partial charge in [-0.2, -0.15) is 0 Å².